The Balaban J connectivity index is 1.95. The zero-order valence-corrected chi connectivity index (χ0v) is 12.6. The number of hydrogen-bond acceptors (Lipinski definition) is 4. The van der Waals surface area contributed by atoms with E-state index in [2.05, 4.69) is 4.98 Å². The lowest BCUT2D eigenvalue weighted by Gasteiger charge is -2.28. The molecule has 2 N–H and O–H groups in total. The molecule has 1 aromatic heterocycles. The van der Waals surface area contributed by atoms with E-state index in [0.717, 1.165) is 16.8 Å². The summed E-state index contributed by atoms with van der Waals surface area (Å²) in [7, 11) is -3.49. The number of anilines is 1. The third-order valence-electron chi connectivity index (χ3n) is 3.77. The van der Waals surface area contributed by atoms with Crippen molar-refractivity contribution in [3.8, 4) is 0 Å². The Bertz CT molecular complexity index is 770. The molecule has 1 aromatic carbocycles. The molecule has 0 radical (unpaired) electrons. The van der Waals surface area contributed by atoms with Gasteiger partial charge in [0.1, 0.15) is 0 Å². The van der Waals surface area contributed by atoms with E-state index in [4.69, 9.17) is 5.73 Å². The average molecular weight is 303 g/mol. The summed E-state index contributed by atoms with van der Waals surface area (Å²) in [5, 5.41) is 0. The highest BCUT2D eigenvalue weighted by atomic mass is 32.2. The molecule has 5 nitrogen and oxygen atoms in total. The van der Waals surface area contributed by atoms with Crippen molar-refractivity contribution in [3.63, 3.8) is 0 Å². The Kier molecular flexibility index (Phi) is 3.43. The van der Waals surface area contributed by atoms with Gasteiger partial charge in [-0.15, -0.1) is 0 Å². The molecule has 0 saturated carbocycles. The molecule has 0 bridgehead atoms. The number of pyridine rings is 1. The Hall–Kier alpha value is -1.92. The molecular weight excluding hydrogens is 286 g/mol. The quantitative estimate of drug-likeness (QED) is 0.916. The normalized spacial score (nSPS) is 15.7. The average Bonchev–Trinajstić information content (AvgIpc) is 2.48. The Morgan fingerprint density at radius 2 is 1.90 bits per heavy atom. The van der Waals surface area contributed by atoms with Gasteiger partial charge in [0.2, 0.25) is 10.0 Å². The van der Waals surface area contributed by atoms with Gasteiger partial charge in [-0.2, -0.15) is 4.31 Å². The molecule has 0 unspecified atom stereocenters. The van der Waals surface area contributed by atoms with Crippen molar-refractivity contribution >= 4 is 15.7 Å². The van der Waals surface area contributed by atoms with Gasteiger partial charge < -0.3 is 5.73 Å². The van der Waals surface area contributed by atoms with Gasteiger partial charge in [-0.1, -0.05) is 17.7 Å². The summed E-state index contributed by atoms with van der Waals surface area (Å²) in [5.74, 6) is 0. The first-order valence-electron chi connectivity index (χ1n) is 6.77. The van der Waals surface area contributed by atoms with Crippen LogP contribution in [0.5, 0.6) is 0 Å². The largest absolute Gasteiger partial charge is 0.398 e. The number of aromatic nitrogens is 1. The van der Waals surface area contributed by atoms with Crippen LogP contribution in [0.1, 0.15) is 16.8 Å². The predicted molar refractivity (Wildman–Crippen MR) is 81.1 cm³/mol. The fourth-order valence-corrected chi connectivity index (χ4v) is 3.91. The van der Waals surface area contributed by atoms with Gasteiger partial charge in [-0.3, -0.25) is 4.98 Å². The van der Waals surface area contributed by atoms with Gasteiger partial charge in [0, 0.05) is 42.7 Å². The molecule has 0 amide bonds. The molecule has 110 valence electrons. The number of fused-ring (bicyclic) bond motifs is 1. The third kappa shape index (κ3) is 2.52. The van der Waals surface area contributed by atoms with Crippen molar-refractivity contribution < 1.29 is 8.42 Å². The molecule has 0 spiro atoms. The van der Waals surface area contributed by atoms with Crippen molar-refractivity contribution in [1.29, 1.82) is 0 Å². The first-order chi connectivity index (χ1) is 9.98. The van der Waals surface area contributed by atoms with Gasteiger partial charge in [-0.05, 0) is 25.1 Å². The summed E-state index contributed by atoms with van der Waals surface area (Å²) in [4.78, 5) is 4.60. The minimum atomic E-state index is -3.49. The van der Waals surface area contributed by atoms with E-state index < -0.39 is 10.0 Å². The molecule has 6 heteroatoms. The van der Waals surface area contributed by atoms with Crippen LogP contribution in [0.15, 0.2) is 41.4 Å². The molecule has 0 aliphatic carbocycles. The minimum Gasteiger partial charge on any atom is -0.398 e. The van der Waals surface area contributed by atoms with Crippen LogP contribution >= 0.6 is 0 Å². The van der Waals surface area contributed by atoms with Crippen LogP contribution in [0, 0.1) is 6.92 Å². The van der Waals surface area contributed by atoms with E-state index in [0.29, 0.717) is 23.5 Å². The number of rotatable bonds is 2. The smallest absolute Gasteiger partial charge is 0.243 e. The number of benzene rings is 1. The summed E-state index contributed by atoms with van der Waals surface area (Å²) < 4.78 is 26.8. The number of nitrogens with zero attached hydrogens (tertiary/aromatic N) is 2. The van der Waals surface area contributed by atoms with Crippen LogP contribution in [0.25, 0.3) is 0 Å². The van der Waals surface area contributed by atoms with E-state index in [1.807, 2.05) is 6.92 Å². The Morgan fingerprint density at radius 1 is 1.19 bits per heavy atom. The summed E-state index contributed by atoms with van der Waals surface area (Å²) in [6, 6.07) is 8.61. The maximum Gasteiger partial charge on any atom is 0.243 e. The molecule has 0 fully saturated rings. The number of sulfonamides is 1. The van der Waals surface area contributed by atoms with E-state index in [-0.39, 0.29) is 6.54 Å². The van der Waals surface area contributed by atoms with Crippen LogP contribution in [-0.4, -0.2) is 24.3 Å². The standard InChI is InChI=1S/C15H17N3O2S/c1-11-2-4-12(5-3-11)21(19,20)18-9-7-15-13(10-18)14(16)6-8-17-15/h2-6,8H,7,9-10H2,1H3,(H2,16,17). The first kappa shape index (κ1) is 14.0. The summed E-state index contributed by atoms with van der Waals surface area (Å²) in [5.41, 5.74) is 9.29. The number of aryl methyl sites for hydroxylation is 1. The van der Waals surface area contributed by atoms with Gasteiger partial charge in [0.05, 0.1) is 4.90 Å². The van der Waals surface area contributed by atoms with Crippen molar-refractivity contribution in [2.75, 3.05) is 12.3 Å². The number of nitrogens with two attached hydrogens (primary N) is 1. The van der Waals surface area contributed by atoms with E-state index in [9.17, 15) is 8.42 Å². The monoisotopic (exact) mass is 303 g/mol. The van der Waals surface area contributed by atoms with E-state index in [1.165, 1.54) is 4.31 Å². The second-order valence-corrected chi connectivity index (χ2v) is 7.17. The summed E-state index contributed by atoms with van der Waals surface area (Å²) in [6.45, 7) is 2.64. The zero-order valence-electron chi connectivity index (χ0n) is 11.8. The van der Waals surface area contributed by atoms with Crippen LogP contribution in [0.3, 0.4) is 0 Å². The lowest BCUT2D eigenvalue weighted by molar-refractivity contribution is 0.388. The molecule has 21 heavy (non-hydrogen) atoms. The highest BCUT2D eigenvalue weighted by Crippen LogP contribution is 2.27. The van der Waals surface area contributed by atoms with Crippen molar-refractivity contribution in [2.24, 2.45) is 0 Å². The fourth-order valence-electron chi connectivity index (χ4n) is 2.50. The van der Waals surface area contributed by atoms with Crippen LogP contribution in [0.4, 0.5) is 5.69 Å². The Morgan fingerprint density at radius 3 is 2.62 bits per heavy atom. The molecule has 2 heterocycles. The molecule has 0 saturated heterocycles. The molecule has 2 aromatic rings. The highest BCUT2D eigenvalue weighted by Gasteiger charge is 2.29. The van der Waals surface area contributed by atoms with Crippen molar-refractivity contribution in [1.82, 2.24) is 9.29 Å². The van der Waals surface area contributed by atoms with Crippen molar-refractivity contribution in [3.05, 3.63) is 53.3 Å². The summed E-state index contributed by atoms with van der Waals surface area (Å²) >= 11 is 0. The second kappa shape index (κ2) is 5.13. The predicted octanol–water partition coefficient (Wildman–Crippen LogP) is 1.72. The molecular formula is C15H17N3O2S. The highest BCUT2D eigenvalue weighted by molar-refractivity contribution is 7.89. The molecule has 3 rings (SSSR count). The minimum absolute atomic E-state index is 0.283. The lowest BCUT2D eigenvalue weighted by atomic mass is 10.1. The first-order valence-corrected chi connectivity index (χ1v) is 8.21. The maximum atomic E-state index is 12.7. The van der Waals surface area contributed by atoms with Gasteiger partial charge >= 0.3 is 0 Å². The maximum absolute atomic E-state index is 12.7. The van der Waals surface area contributed by atoms with Crippen LogP contribution < -0.4 is 5.73 Å². The zero-order chi connectivity index (χ0) is 15.0. The summed E-state index contributed by atoms with van der Waals surface area (Å²) in [6.07, 6.45) is 2.25. The van der Waals surface area contributed by atoms with Gasteiger partial charge in [0.25, 0.3) is 0 Å². The third-order valence-corrected chi connectivity index (χ3v) is 5.63. The van der Waals surface area contributed by atoms with Crippen molar-refractivity contribution in [2.45, 2.75) is 24.8 Å². The van der Waals surface area contributed by atoms with Crippen LogP contribution in [-0.2, 0) is 23.0 Å². The number of hydrogen-bond donors (Lipinski definition) is 1. The van der Waals surface area contributed by atoms with Gasteiger partial charge in [-0.25, -0.2) is 8.42 Å². The van der Waals surface area contributed by atoms with E-state index >= 15 is 0 Å². The number of nitrogen functional groups attached to an aromatic ring is 1. The molecule has 1 aliphatic heterocycles. The topological polar surface area (TPSA) is 76.3 Å². The SMILES string of the molecule is Cc1ccc(S(=O)(=O)N2CCc3nccc(N)c3C2)cc1. The van der Waals surface area contributed by atoms with Gasteiger partial charge in [0.15, 0.2) is 0 Å². The lowest BCUT2D eigenvalue weighted by Crippen LogP contribution is -2.36. The molecule has 1 aliphatic rings. The van der Waals surface area contributed by atoms with E-state index in [1.54, 1.807) is 36.5 Å². The fraction of sp³-hybridized carbons (Fsp3) is 0.267. The Labute approximate surface area is 124 Å². The second-order valence-electron chi connectivity index (χ2n) is 5.23. The molecule has 0 atom stereocenters. The van der Waals surface area contributed by atoms with Crippen LogP contribution in [0.2, 0.25) is 0 Å².